The van der Waals surface area contributed by atoms with E-state index in [0.29, 0.717) is 0 Å². The van der Waals surface area contributed by atoms with Crippen molar-refractivity contribution >= 4 is 142 Å². The average molecular weight is 1910 g/mol. The minimum absolute atomic E-state index is 0.0938. The number of rotatable bonds is 10. The number of nitrogens with zero attached hydrogens (tertiary/aromatic N) is 5. The molecule has 8 heterocycles. The normalized spacial score (nSPS) is 13.5. The van der Waals surface area contributed by atoms with E-state index >= 15 is 0 Å². The first kappa shape index (κ1) is 85.8. The van der Waals surface area contributed by atoms with Crippen molar-refractivity contribution < 1.29 is 13.3 Å². The van der Waals surface area contributed by atoms with Gasteiger partial charge in [-0.3, -0.25) is 0 Å². The molecule has 0 aliphatic heterocycles. The van der Waals surface area contributed by atoms with Gasteiger partial charge in [0.15, 0.2) is 0 Å². The fraction of sp³-hybridized carbons (Fsp3) is 0.0638. The van der Waals surface area contributed by atoms with Crippen LogP contribution in [0.4, 0.5) is 0 Å². The second-order valence-electron chi connectivity index (χ2n) is 42.0. The number of fused-ring (bicyclic) bond motifs is 30. The lowest BCUT2D eigenvalue weighted by atomic mass is 9.85. The van der Waals surface area contributed by atoms with Crippen LogP contribution >= 0.6 is 0 Å². The van der Waals surface area contributed by atoms with E-state index in [4.69, 9.17) is 13.3 Å². The summed E-state index contributed by atoms with van der Waals surface area (Å²) in [6.45, 7) is 14.2. The number of benzene rings is 21. The molecule has 8 aromatic heterocycles. The van der Waals surface area contributed by atoms with Gasteiger partial charge >= 0.3 is 0 Å². The Kier molecular flexibility index (Phi) is 18.8. The summed E-state index contributed by atoms with van der Waals surface area (Å²) in [7, 11) is 0. The molecule has 29 aromatic rings. The van der Waals surface area contributed by atoms with Gasteiger partial charge in [0.25, 0.3) is 0 Å². The van der Waals surface area contributed by atoms with Crippen LogP contribution in [0.5, 0.6) is 0 Å². The van der Waals surface area contributed by atoms with Crippen LogP contribution in [0.2, 0.25) is 0 Å². The molecular formula is C141H97N5O3. The minimum Gasteiger partial charge on any atom is -0.456 e. The molecule has 149 heavy (non-hydrogen) atoms. The van der Waals surface area contributed by atoms with E-state index in [0.717, 1.165) is 93.8 Å². The second kappa shape index (κ2) is 32.6. The molecule has 8 nitrogen and oxygen atoms in total. The van der Waals surface area contributed by atoms with Gasteiger partial charge in [-0.25, -0.2) is 0 Å². The van der Waals surface area contributed by atoms with E-state index in [2.05, 4.69) is 507 Å². The van der Waals surface area contributed by atoms with E-state index < -0.39 is 0 Å². The summed E-state index contributed by atoms with van der Waals surface area (Å²) < 4.78 is 31.1. The van der Waals surface area contributed by atoms with Crippen LogP contribution in [0.25, 0.3) is 260 Å². The van der Waals surface area contributed by atoms with Gasteiger partial charge in [0, 0.05) is 160 Å². The second-order valence-corrected chi connectivity index (χ2v) is 42.0. The Balaban J connectivity index is 0.000000105. The summed E-state index contributed by atoms with van der Waals surface area (Å²) in [5.41, 5.74) is 47.5. The zero-order chi connectivity index (χ0) is 99.0. The smallest absolute Gasteiger partial charge is 0.143 e. The Morgan fingerprint density at radius 3 is 0.819 bits per heavy atom. The van der Waals surface area contributed by atoms with Gasteiger partial charge in [-0.2, -0.15) is 0 Å². The lowest BCUT2D eigenvalue weighted by Gasteiger charge is -2.24. The van der Waals surface area contributed by atoms with E-state index in [-0.39, 0.29) is 16.2 Å². The highest BCUT2D eigenvalue weighted by Crippen LogP contribution is 2.59. The van der Waals surface area contributed by atoms with Gasteiger partial charge in [-0.15, -0.1) is 0 Å². The lowest BCUT2D eigenvalue weighted by molar-refractivity contribution is 0.623. The van der Waals surface area contributed by atoms with E-state index in [1.807, 2.05) is 36.4 Å². The Morgan fingerprint density at radius 1 is 0.154 bits per heavy atom. The van der Waals surface area contributed by atoms with E-state index in [1.165, 1.54) is 200 Å². The first-order chi connectivity index (χ1) is 73.2. The van der Waals surface area contributed by atoms with Gasteiger partial charge in [-0.1, -0.05) is 363 Å². The molecule has 0 spiro atoms. The first-order valence-electron chi connectivity index (χ1n) is 51.7. The molecule has 0 atom stereocenters. The molecular weight excluding hydrogens is 1810 g/mol. The predicted octanol–water partition coefficient (Wildman–Crippen LogP) is 38.0. The highest BCUT2D eigenvalue weighted by atomic mass is 16.3. The van der Waals surface area contributed by atoms with Crippen LogP contribution in [-0.4, -0.2) is 22.8 Å². The molecule has 8 heteroatoms. The lowest BCUT2D eigenvalue weighted by Crippen LogP contribution is -2.19. The molecule has 0 N–H and O–H groups in total. The maximum Gasteiger partial charge on any atom is 0.143 e. The maximum atomic E-state index is 6.43. The average Bonchev–Trinajstić information content (AvgIpc) is 1.53. The monoisotopic (exact) mass is 1910 g/mol. The Hall–Kier alpha value is -18.8. The van der Waals surface area contributed by atoms with Crippen molar-refractivity contribution in [2.24, 2.45) is 0 Å². The van der Waals surface area contributed by atoms with Gasteiger partial charge in [0.2, 0.25) is 0 Å². The Labute approximate surface area is 860 Å². The van der Waals surface area contributed by atoms with Crippen molar-refractivity contribution in [1.29, 1.82) is 0 Å². The summed E-state index contributed by atoms with van der Waals surface area (Å²) in [6, 6.07) is 174. The number of aromatic nitrogens is 5. The van der Waals surface area contributed by atoms with Gasteiger partial charge < -0.3 is 36.1 Å². The van der Waals surface area contributed by atoms with Crippen molar-refractivity contribution in [3.63, 3.8) is 0 Å². The van der Waals surface area contributed by atoms with Gasteiger partial charge in [0.1, 0.15) is 33.5 Å². The highest BCUT2D eigenvalue weighted by Gasteiger charge is 2.45. The van der Waals surface area contributed by atoms with Crippen LogP contribution in [0.15, 0.2) is 492 Å². The number of para-hydroxylation sites is 10. The van der Waals surface area contributed by atoms with Gasteiger partial charge in [0.05, 0.1) is 38.6 Å². The molecule has 0 amide bonds. The molecule has 21 aromatic carbocycles. The minimum atomic E-state index is -0.193. The molecule has 0 fully saturated rings. The van der Waals surface area contributed by atoms with Crippen molar-refractivity contribution in [2.75, 3.05) is 0 Å². The van der Waals surface area contributed by atoms with Crippen LogP contribution in [0.3, 0.4) is 0 Å². The quantitative estimate of drug-likeness (QED) is 0.137. The van der Waals surface area contributed by atoms with Crippen molar-refractivity contribution in [3.8, 4) is 117 Å². The summed E-state index contributed by atoms with van der Waals surface area (Å²) in [6.07, 6.45) is 0. The van der Waals surface area contributed by atoms with Gasteiger partial charge in [-0.05, 0) is 236 Å². The third kappa shape index (κ3) is 12.9. The summed E-state index contributed by atoms with van der Waals surface area (Å²) in [4.78, 5) is 0. The molecule has 0 unspecified atom stereocenters. The first-order valence-corrected chi connectivity index (χ1v) is 51.7. The van der Waals surface area contributed by atoms with Crippen molar-refractivity contribution in [1.82, 2.24) is 22.8 Å². The number of furan rings is 3. The summed E-state index contributed by atoms with van der Waals surface area (Å²) in [5, 5.41) is 15.8. The number of hydrogen-bond acceptors (Lipinski definition) is 3. The maximum absolute atomic E-state index is 6.43. The van der Waals surface area contributed by atoms with Crippen LogP contribution in [-0.2, 0) is 16.2 Å². The fourth-order valence-electron chi connectivity index (χ4n) is 26.0. The summed E-state index contributed by atoms with van der Waals surface area (Å²) in [5.74, 6) is 0. The molecule has 0 radical (unpaired) electrons. The highest BCUT2D eigenvalue weighted by molar-refractivity contribution is 6.17. The molecule has 0 saturated heterocycles. The zero-order valence-electron chi connectivity index (χ0n) is 83.1. The third-order valence-corrected chi connectivity index (χ3v) is 32.8. The standard InChI is InChI=1S/2C53H36N2O.C35H25NO/c1-53(2)45-20-9-6-17-42(45)50-44-32-35(34-25-29-47-43(31-34)39-15-7-10-21-46(39)54(47)36-13-4-3-5-14-36)26-30-48(44)55(52(50)53)37-27-23-33(24-28-37)38-18-12-19-41-40-16-8-11-22-49(40)56-51(38)41;1-53(2)45-17-9-6-16-41(45)51-44-32-36(35-22-27-47-42(30-35)39-14-7-10-18-46(39)54(47)37-12-4-3-5-13-37)23-28-48(44)55(52(51)53)38-25-20-33(21-26-38)34-24-29-50-43(31-34)40-15-8-11-19-49(40)56-50;1-35(2)29-15-6-3-11-27(29)32-28-12-4-7-16-30(28)36(34(32)35)23-20-18-22(19-21-23)24-13-9-14-26-25-10-5-8-17-31(25)37-33(24)26/h2*3-32H,1-2H3;3-21H,1-2H3. The molecule has 0 bridgehead atoms. The van der Waals surface area contributed by atoms with Crippen molar-refractivity contribution in [2.45, 2.75) is 57.8 Å². The summed E-state index contributed by atoms with van der Waals surface area (Å²) >= 11 is 0. The Morgan fingerprint density at radius 2 is 0.409 bits per heavy atom. The molecule has 0 saturated carbocycles. The largest absolute Gasteiger partial charge is 0.456 e. The number of hydrogen-bond donors (Lipinski definition) is 0. The topological polar surface area (TPSA) is 64.1 Å². The van der Waals surface area contributed by atoms with Crippen LogP contribution in [0, 0.1) is 0 Å². The molecule has 704 valence electrons. The van der Waals surface area contributed by atoms with Crippen LogP contribution in [0.1, 0.15) is 75.3 Å². The molecule has 3 aliphatic carbocycles. The van der Waals surface area contributed by atoms with Crippen LogP contribution < -0.4 is 0 Å². The fourth-order valence-corrected chi connectivity index (χ4v) is 26.0. The predicted molar refractivity (Wildman–Crippen MR) is 620 cm³/mol. The van der Waals surface area contributed by atoms with Crippen molar-refractivity contribution in [3.05, 3.63) is 513 Å². The third-order valence-electron chi connectivity index (χ3n) is 32.8. The SMILES string of the molecule is CC1(C)c2ccccc2-c2c1n(-c1ccc(-c3ccc4oc5ccccc5c4c3)cc1)c1ccc(-c3ccc4c(c3)c3ccccc3n4-c3ccccc3)cc21.CC1(C)c2ccccc2-c2c1n(-c1ccc(-c3cccc4c3oc3ccccc34)cc1)c1ccc(-c3ccc4c(c3)c3ccccc3n4-c3ccccc3)cc21.CC1(C)c2ccccc2-c2c1n(-c1ccc(-c3cccc4c3oc3ccccc34)cc1)c1ccccc21. The molecule has 32 rings (SSSR count). The zero-order valence-corrected chi connectivity index (χ0v) is 83.1. The molecule has 3 aliphatic rings. The Bertz CT molecular complexity index is 10600. The van der Waals surface area contributed by atoms with E-state index in [9.17, 15) is 0 Å². The van der Waals surface area contributed by atoms with E-state index in [1.54, 1.807) is 0 Å².